The summed E-state index contributed by atoms with van der Waals surface area (Å²) in [5, 5.41) is 11.4. The maximum Gasteiger partial charge on any atom is 0.217 e. The van der Waals surface area contributed by atoms with Gasteiger partial charge in [0.15, 0.2) is 5.78 Å². The van der Waals surface area contributed by atoms with Crippen LogP contribution in [0.25, 0.3) is 0 Å². The van der Waals surface area contributed by atoms with E-state index in [-0.39, 0.29) is 11.7 Å². The Labute approximate surface area is 87.9 Å². The normalized spacial score (nSPS) is 11.9. The smallest absolute Gasteiger partial charge is 0.217 e. The highest BCUT2D eigenvalue weighted by atomic mass is 16.3. The van der Waals surface area contributed by atoms with Crippen molar-refractivity contribution in [3.05, 3.63) is 35.9 Å². The molecule has 80 valence electrons. The topological polar surface area (TPSA) is 66.4 Å². The van der Waals surface area contributed by atoms with Gasteiger partial charge in [0.05, 0.1) is 6.61 Å². The van der Waals surface area contributed by atoms with Crippen LogP contribution in [0, 0.1) is 0 Å². The monoisotopic (exact) mass is 207 g/mol. The Balaban J connectivity index is 2.78. The highest BCUT2D eigenvalue weighted by molar-refractivity contribution is 6.01. The molecule has 0 aliphatic carbocycles. The van der Waals surface area contributed by atoms with E-state index in [0.717, 1.165) is 0 Å². The van der Waals surface area contributed by atoms with E-state index >= 15 is 0 Å². The van der Waals surface area contributed by atoms with Gasteiger partial charge in [-0.15, -0.1) is 0 Å². The molecule has 15 heavy (non-hydrogen) atoms. The number of aliphatic hydroxyl groups excluding tert-OH is 1. The Hall–Kier alpha value is -1.68. The van der Waals surface area contributed by atoms with Crippen molar-refractivity contribution < 1.29 is 14.7 Å². The quantitative estimate of drug-likeness (QED) is 0.701. The molecule has 0 saturated heterocycles. The van der Waals surface area contributed by atoms with Gasteiger partial charge in [-0.05, 0) is 0 Å². The fourth-order valence-corrected chi connectivity index (χ4v) is 1.24. The van der Waals surface area contributed by atoms with Gasteiger partial charge in [-0.25, -0.2) is 0 Å². The zero-order valence-corrected chi connectivity index (χ0v) is 8.43. The second-order valence-corrected chi connectivity index (χ2v) is 3.17. The molecule has 0 aromatic heterocycles. The number of carbonyl (C=O) groups is 2. The lowest BCUT2D eigenvalue weighted by Gasteiger charge is -2.13. The van der Waals surface area contributed by atoms with Crippen molar-refractivity contribution in [1.29, 1.82) is 0 Å². The van der Waals surface area contributed by atoms with Gasteiger partial charge < -0.3 is 10.4 Å². The molecule has 1 atom stereocenters. The fraction of sp³-hybridized carbons (Fsp3) is 0.273. The van der Waals surface area contributed by atoms with Crippen LogP contribution in [0.15, 0.2) is 30.3 Å². The number of nitrogens with one attached hydrogen (secondary N) is 1. The third kappa shape index (κ3) is 3.18. The van der Waals surface area contributed by atoms with E-state index in [2.05, 4.69) is 5.32 Å². The molecule has 0 aliphatic heterocycles. The van der Waals surface area contributed by atoms with Crippen LogP contribution in [0.1, 0.15) is 17.3 Å². The van der Waals surface area contributed by atoms with Crippen LogP contribution in [0.5, 0.6) is 0 Å². The molecular formula is C11H13NO3. The summed E-state index contributed by atoms with van der Waals surface area (Å²) in [6, 6.07) is 7.69. The van der Waals surface area contributed by atoms with Gasteiger partial charge in [0.2, 0.25) is 5.91 Å². The largest absolute Gasteiger partial charge is 0.394 e. The summed E-state index contributed by atoms with van der Waals surface area (Å²) in [5.41, 5.74) is 0.477. The van der Waals surface area contributed by atoms with Gasteiger partial charge in [-0.3, -0.25) is 9.59 Å². The first kappa shape index (κ1) is 11.4. The molecule has 4 nitrogen and oxygen atoms in total. The Morgan fingerprint density at radius 2 is 1.93 bits per heavy atom. The van der Waals surface area contributed by atoms with Gasteiger partial charge in [-0.2, -0.15) is 0 Å². The Kier molecular flexibility index (Phi) is 4.00. The molecule has 1 aromatic rings. The Morgan fingerprint density at radius 1 is 1.33 bits per heavy atom. The number of amides is 1. The molecule has 2 N–H and O–H groups in total. The fourth-order valence-electron chi connectivity index (χ4n) is 1.24. The zero-order chi connectivity index (χ0) is 11.3. The predicted molar refractivity (Wildman–Crippen MR) is 55.5 cm³/mol. The number of benzene rings is 1. The van der Waals surface area contributed by atoms with E-state index in [0.29, 0.717) is 5.56 Å². The van der Waals surface area contributed by atoms with E-state index < -0.39 is 12.6 Å². The van der Waals surface area contributed by atoms with E-state index in [1.165, 1.54) is 6.92 Å². The number of rotatable bonds is 4. The number of ketones is 1. The van der Waals surface area contributed by atoms with E-state index in [1.807, 2.05) is 0 Å². The first-order valence-electron chi connectivity index (χ1n) is 4.62. The van der Waals surface area contributed by atoms with Crippen molar-refractivity contribution in [3.8, 4) is 0 Å². The molecule has 0 spiro atoms. The maximum atomic E-state index is 11.7. The lowest BCUT2D eigenvalue weighted by Crippen LogP contribution is -2.42. The van der Waals surface area contributed by atoms with E-state index in [1.54, 1.807) is 30.3 Å². The average Bonchev–Trinajstić information content (AvgIpc) is 2.26. The summed E-state index contributed by atoms with van der Waals surface area (Å²) in [5.74, 6) is -0.619. The van der Waals surface area contributed by atoms with Crippen LogP contribution in [0.3, 0.4) is 0 Å². The standard InChI is InChI=1S/C11H13NO3/c1-8(14)12-10(7-13)11(15)9-5-3-2-4-6-9/h2-6,10,13H,7H2,1H3,(H,12,14)/t10-/m0/s1. The SMILES string of the molecule is CC(=O)N[C@@H](CO)C(=O)c1ccccc1. The molecule has 1 amide bonds. The second kappa shape index (κ2) is 5.26. The third-order valence-corrected chi connectivity index (χ3v) is 1.93. The first-order valence-corrected chi connectivity index (χ1v) is 4.62. The molecule has 0 aliphatic rings. The minimum atomic E-state index is -0.857. The van der Waals surface area contributed by atoms with Crippen molar-refractivity contribution in [3.63, 3.8) is 0 Å². The molecule has 1 rings (SSSR count). The lowest BCUT2D eigenvalue weighted by molar-refractivity contribution is -0.119. The number of Topliss-reactive ketones (excluding diaryl/α,β-unsaturated/α-hetero) is 1. The van der Waals surface area contributed by atoms with Crippen molar-refractivity contribution in [2.24, 2.45) is 0 Å². The zero-order valence-electron chi connectivity index (χ0n) is 8.43. The van der Waals surface area contributed by atoms with Crippen LogP contribution in [-0.2, 0) is 4.79 Å². The molecule has 1 aromatic carbocycles. The Morgan fingerprint density at radius 3 is 2.40 bits per heavy atom. The summed E-state index contributed by atoms with van der Waals surface area (Å²) >= 11 is 0. The second-order valence-electron chi connectivity index (χ2n) is 3.17. The van der Waals surface area contributed by atoms with E-state index in [9.17, 15) is 9.59 Å². The molecule has 0 radical (unpaired) electrons. The number of aliphatic hydroxyl groups is 1. The molecule has 0 heterocycles. The number of hydrogen-bond acceptors (Lipinski definition) is 3. The predicted octanol–water partition coefficient (Wildman–Crippen LogP) is 0.366. The maximum absolute atomic E-state index is 11.7. The summed E-state index contributed by atoms with van der Waals surface area (Å²) < 4.78 is 0. The van der Waals surface area contributed by atoms with Crippen LogP contribution < -0.4 is 5.32 Å². The van der Waals surface area contributed by atoms with Crippen molar-refractivity contribution in [1.82, 2.24) is 5.32 Å². The van der Waals surface area contributed by atoms with Crippen LogP contribution >= 0.6 is 0 Å². The number of carbonyl (C=O) groups excluding carboxylic acids is 2. The highest BCUT2D eigenvalue weighted by Crippen LogP contribution is 2.03. The molecule has 0 bridgehead atoms. The Bertz CT molecular complexity index is 348. The molecular weight excluding hydrogens is 194 g/mol. The summed E-state index contributed by atoms with van der Waals surface area (Å²) in [4.78, 5) is 22.5. The minimum Gasteiger partial charge on any atom is -0.394 e. The molecule has 0 saturated carbocycles. The highest BCUT2D eigenvalue weighted by Gasteiger charge is 2.19. The summed E-state index contributed by atoms with van der Waals surface area (Å²) in [6.45, 7) is 0.911. The van der Waals surface area contributed by atoms with Gasteiger partial charge in [0, 0.05) is 12.5 Å². The molecule has 4 heteroatoms. The molecule has 0 unspecified atom stereocenters. The third-order valence-electron chi connectivity index (χ3n) is 1.93. The lowest BCUT2D eigenvalue weighted by atomic mass is 10.1. The van der Waals surface area contributed by atoms with Gasteiger partial charge in [-0.1, -0.05) is 30.3 Å². The van der Waals surface area contributed by atoms with Crippen molar-refractivity contribution >= 4 is 11.7 Å². The first-order chi connectivity index (χ1) is 7.15. The van der Waals surface area contributed by atoms with Crippen LogP contribution in [0.2, 0.25) is 0 Å². The summed E-state index contributed by atoms with van der Waals surface area (Å²) in [6.07, 6.45) is 0. The number of hydrogen-bond donors (Lipinski definition) is 2. The van der Waals surface area contributed by atoms with Gasteiger partial charge in [0.1, 0.15) is 6.04 Å². The van der Waals surface area contributed by atoms with E-state index in [4.69, 9.17) is 5.11 Å². The molecule has 0 fully saturated rings. The average molecular weight is 207 g/mol. The van der Waals surface area contributed by atoms with Crippen LogP contribution in [0.4, 0.5) is 0 Å². The summed E-state index contributed by atoms with van der Waals surface area (Å²) in [7, 11) is 0. The van der Waals surface area contributed by atoms with Crippen LogP contribution in [-0.4, -0.2) is 29.4 Å². The minimum absolute atomic E-state index is 0.284. The van der Waals surface area contributed by atoms with Gasteiger partial charge >= 0.3 is 0 Å². The van der Waals surface area contributed by atoms with Crippen molar-refractivity contribution in [2.75, 3.05) is 6.61 Å². The van der Waals surface area contributed by atoms with Crippen molar-refractivity contribution in [2.45, 2.75) is 13.0 Å². The van der Waals surface area contributed by atoms with Gasteiger partial charge in [0.25, 0.3) is 0 Å².